The van der Waals surface area contributed by atoms with Crippen LogP contribution in [-0.4, -0.2) is 41.3 Å². The van der Waals surface area contributed by atoms with Crippen LogP contribution in [0.15, 0.2) is 30.6 Å². The first-order chi connectivity index (χ1) is 10.7. The zero-order valence-corrected chi connectivity index (χ0v) is 12.9. The number of hydrogen-bond acceptors (Lipinski definition) is 6. The van der Waals surface area contributed by atoms with Crippen LogP contribution in [0.25, 0.3) is 0 Å². The van der Waals surface area contributed by atoms with Crippen molar-refractivity contribution < 1.29 is 9.47 Å². The molecule has 0 atom stereocenters. The summed E-state index contributed by atoms with van der Waals surface area (Å²) in [5.74, 6) is 2.21. The predicted octanol–water partition coefficient (Wildman–Crippen LogP) is 2.24. The van der Waals surface area contributed by atoms with Crippen LogP contribution in [0, 0.1) is 6.92 Å². The number of methoxy groups -OCH3 is 1. The summed E-state index contributed by atoms with van der Waals surface area (Å²) in [7, 11) is 1.63. The van der Waals surface area contributed by atoms with Crippen LogP contribution in [0.2, 0.25) is 0 Å². The summed E-state index contributed by atoms with van der Waals surface area (Å²) in [4.78, 5) is 15.2. The van der Waals surface area contributed by atoms with E-state index in [-0.39, 0.29) is 6.10 Å². The highest BCUT2D eigenvalue weighted by Crippen LogP contribution is 2.22. The van der Waals surface area contributed by atoms with Crippen molar-refractivity contribution in [1.82, 2.24) is 15.0 Å². The number of ether oxygens (including phenoxy) is 2. The second-order valence-electron chi connectivity index (χ2n) is 5.34. The van der Waals surface area contributed by atoms with Crippen LogP contribution in [-0.2, 0) is 0 Å². The van der Waals surface area contributed by atoms with E-state index in [2.05, 4.69) is 19.9 Å². The van der Waals surface area contributed by atoms with Gasteiger partial charge in [-0.3, -0.25) is 4.98 Å². The van der Waals surface area contributed by atoms with Gasteiger partial charge >= 0.3 is 0 Å². The van der Waals surface area contributed by atoms with E-state index in [1.165, 1.54) is 0 Å². The molecular formula is C16H20N4O2. The third kappa shape index (κ3) is 3.44. The molecule has 1 fully saturated rings. The Hall–Kier alpha value is -2.37. The summed E-state index contributed by atoms with van der Waals surface area (Å²) in [6.45, 7) is 3.73. The SMILES string of the molecule is COc1cccc(N2CCC(Oc3cncc(C)n3)CC2)n1. The average molecular weight is 300 g/mol. The third-order valence-electron chi connectivity index (χ3n) is 3.70. The van der Waals surface area contributed by atoms with E-state index in [1.807, 2.05) is 25.1 Å². The van der Waals surface area contributed by atoms with Crippen LogP contribution in [0.5, 0.6) is 11.8 Å². The zero-order chi connectivity index (χ0) is 15.4. The van der Waals surface area contributed by atoms with Gasteiger partial charge < -0.3 is 14.4 Å². The zero-order valence-electron chi connectivity index (χ0n) is 12.9. The van der Waals surface area contributed by atoms with Crippen LogP contribution in [0.1, 0.15) is 18.5 Å². The van der Waals surface area contributed by atoms with Gasteiger partial charge in [-0.1, -0.05) is 6.07 Å². The smallest absolute Gasteiger partial charge is 0.232 e. The lowest BCUT2D eigenvalue weighted by atomic mass is 10.1. The molecule has 22 heavy (non-hydrogen) atoms. The Morgan fingerprint density at radius 2 is 1.91 bits per heavy atom. The molecule has 0 radical (unpaired) electrons. The fourth-order valence-corrected chi connectivity index (χ4v) is 2.56. The van der Waals surface area contributed by atoms with Gasteiger partial charge in [0.25, 0.3) is 0 Å². The molecule has 0 aromatic carbocycles. The standard InChI is InChI=1S/C16H20N4O2/c1-12-10-17-11-16(18-12)22-13-6-8-20(9-7-13)14-4-3-5-15(19-14)21-2/h3-5,10-11,13H,6-9H2,1-2H3. The maximum Gasteiger partial charge on any atom is 0.232 e. The highest BCUT2D eigenvalue weighted by atomic mass is 16.5. The molecule has 116 valence electrons. The van der Waals surface area contributed by atoms with Gasteiger partial charge in [0.05, 0.1) is 19.0 Å². The Morgan fingerprint density at radius 3 is 2.64 bits per heavy atom. The highest BCUT2D eigenvalue weighted by molar-refractivity contribution is 5.41. The molecule has 2 aromatic heterocycles. The molecule has 0 amide bonds. The molecule has 0 spiro atoms. The quantitative estimate of drug-likeness (QED) is 0.863. The summed E-state index contributed by atoms with van der Waals surface area (Å²) in [6, 6.07) is 5.83. The normalized spacial score (nSPS) is 15.6. The van der Waals surface area contributed by atoms with Gasteiger partial charge in [0.15, 0.2) is 0 Å². The Kier molecular flexibility index (Phi) is 4.37. The van der Waals surface area contributed by atoms with Crippen molar-refractivity contribution in [2.24, 2.45) is 0 Å². The number of piperidine rings is 1. The molecule has 0 N–H and O–H groups in total. The molecule has 1 saturated heterocycles. The van der Waals surface area contributed by atoms with Gasteiger partial charge in [-0.25, -0.2) is 4.98 Å². The summed E-state index contributed by atoms with van der Waals surface area (Å²) < 4.78 is 11.1. The fraction of sp³-hybridized carbons (Fsp3) is 0.438. The Morgan fingerprint density at radius 1 is 1.09 bits per heavy atom. The van der Waals surface area contributed by atoms with Crippen LogP contribution in [0.3, 0.4) is 0 Å². The maximum atomic E-state index is 5.92. The molecule has 0 unspecified atom stereocenters. The number of aryl methyl sites for hydroxylation is 1. The van der Waals surface area contributed by atoms with Crippen molar-refractivity contribution in [3.63, 3.8) is 0 Å². The van der Waals surface area contributed by atoms with Gasteiger partial charge in [0.1, 0.15) is 11.9 Å². The topological polar surface area (TPSA) is 60.4 Å². The number of aromatic nitrogens is 3. The van der Waals surface area contributed by atoms with Crippen LogP contribution < -0.4 is 14.4 Å². The van der Waals surface area contributed by atoms with Gasteiger partial charge in [0.2, 0.25) is 11.8 Å². The molecule has 0 aliphatic carbocycles. The molecule has 1 aliphatic rings. The first-order valence-corrected chi connectivity index (χ1v) is 7.46. The lowest BCUT2D eigenvalue weighted by Crippen LogP contribution is -2.38. The van der Waals surface area contributed by atoms with E-state index < -0.39 is 0 Å². The lowest BCUT2D eigenvalue weighted by molar-refractivity contribution is 0.163. The van der Waals surface area contributed by atoms with Gasteiger partial charge in [-0.15, -0.1) is 0 Å². The van der Waals surface area contributed by atoms with Crippen LogP contribution >= 0.6 is 0 Å². The van der Waals surface area contributed by atoms with Crippen molar-refractivity contribution in [3.8, 4) is 11.8 Å². The van der Waals surface area contributed by atoms with E-state index in [0.717, 1.165) is 37.4 Å². The summed E-state index contributed by atoms with van der Waals surface area (Å²) >= 11 is 0. The maximum absolute atomic E-state index is 5.92. The van der Waals surface area contributed by atoms with E-state index in [0.29, 0.717) is 11.8 Å². The molecule has 1 aliphatic heterocycles. The predicted molar refractivity (Wildman–Crippen MR) is 83.4 cm³/mol. The number of hydrogen-bond donors (Lipinski definition) is 0. The molecule has 6 heteroatoms. The number of pyridine rings is 1. The van der Waals surface area contributed by atoms with Crippen LogP contribution in [0.4, 0.5) is 5.82 Å². The Balaban J connectivity index is 1.58. The largest absolute Gasteiger partial charge is 0.481 e. The van der Waals surface area contributed by atoms with E-state index in [9.17, 15) is 0 Å². The number of rotatable bonds is 4. The molecular weight excluding hydrogens is 280 g/mol. The third-order valence-corrected chi connectivity index (χ3v) is 3.70. The van der Waals surface area contributed by atoms with E-state index >= 15 is 0 Å². The first-order valence-electron chi connectivity index (χ1n) is 7.46. The fourth-order valence-electron chi connectivity index (χ4n) is 2.56. The Bertz CT molecular complexity index is 627. The van der Waals surface area contributed by atoms with Gasteiger partial charge in [-0.2, -0.15) is 4.98 Å². The summed E-state index contributed by atoms with van der Waals surface area (Å²) in [5.41, 5.74) is 0.871. The minimum atomic E-state index is 0.179. The van der Waals surface area contributed by atoms with E-state index in [4.69, 9.17) is 9.47 Å². The van der Waals surface area contributed by atoms with Crippen molar-refractivity contribution >= 4 is 5.82 Å². The Labute approximate surface area is 130 Å². The minimum Gasteiger partial charge on any atom is -0.481 e. The second kappa shape index (κ2) is 6.60. The highest BCUT2D eigenvalue weighted by Gasteiger charge is 2.22. The van der Waals surface area contributed by atoms with E-state index in [1.54, 1.807) is 19.5 Å². The monoisotopic (exact) mass is 300 g/mol. The lowest BCUT2D eigenvalue weighted by Gasteiger charge is -2.32. The number of anilines is 1. The summed E-state index contributed by atoms with van der Waals surface area (Å²) in [6.07, 6.45) is 5.45. The molecule has 3 rings (SSSR count). The van der Waals surface area contributed by atoms with Gasteiger partial charge in [0, 0.05) is 38.2 Å². The molecule has 3 heterocycles. The molecule has 0 saturated carbocycles. The van der Waals surface area contributed by atoms with Crippen molar-refractivity contribution in [2.45, 2.75) is 25.9 Å². The van der Waals surface area contributed by atoms with Gasteiger partial charge in [-0.05, 0) is 13.0 Å². The first kappa shape index (κ1) is 14.6. The van der Waals surface area contributed by atoms with Crippen molar-refractivity contribution in [1.29, 1.82) is 0 Å². The molecule has 6 nitrogen and oxygen atoms in total. The van der Waals surface area contributed by atoms with Crippen molar-refractivity contribution in [3.05, 3.63) is 36.3 Å². The summed E-state index contributed by atoms with van der Waals surface area (Å²) in [5, 5.41) is 0. The second-order valence-corrected chi connectivity index (χ2v) is 5.34. The number of nitrogens with zero attached hydrogens (tertiary/aromatic N) is 4. The van der Waals surface area contributed by atoms with Crippen molar-refractivity contribution in [2.75, 3.05) is 25.1 Å². The average Bonchev–Trinajstić information content (AvgIpc) is 2.56. The molecule has 2 aromatic rings. The molecule has 0 bridgehead atoms. The minimum absolute atomic E-state index is 0.179.